The molecule has 31 heavy (non-hydrogen) atoms. The zero-order valence-electron chi connectivity index (χ0n) is 16.9. The molecule has 8 nitrogen and oxygen atoms in total. The number of aromatic hydroxyl groups is 1. The minimum absolute atomic E-state index is 0. The molecule has 0 spiro atoms. The lowest BCUT2D eigenvalue weighted by atomic mass is 10.1. The summed E-state index contributed by atoms with van der Waals surface area (Å²) in [6.45, 7) is 5.06. The summed E-state index contributed by atoms with van der Waals surface area (Å²) in [6.07, 6.45) is 1.18. The second-order valence-electron chi connectivity index (χ2n) is 7.60. The van der Waals surface area contributed by atoms with Crippen LogP contribution in [0.5, 0.6) is 5.75 Å². The van der Waals surface area contributed by atoms with Gasteiger partial charge in [-0.25, -0.2) is 14.2 Å². The van der Waals surface area contributed by atoms with Gasteiger partial charge in [-0.1, -0.05) is 0 Å². The highest BCUT2D eigenvalue weighted by molar-refractivity contribution is 5.92. The normalized spacial score (nSPS) is 18.6. The van der Waals surface area contributed by atoms with Gasteiger partial charge in [0.1, 0.15) is 11.3 Å². The Kier molecular flexibility index (Phi) is 6.19. The molecule has 1 aromatic carbocycles. The SMILES string of the molecule is C[C@@H]1CN(c2nc3c(cc2F)c(=O)c(C(=O)O)cn3-c2ccc(O)cc2)C[C@H](C)N1.Cl. The van der Waals surface area contributed by atoms with E-state index < -0.39 is 22.8 Å². The van der Waals surface area contributed by atoms with E-state index in [1.54, 1.807) is 12.1 Å². The summed E-state index contributed by atoms with van der Waals surface area (Å²) in [5, 5.41) is 22.3. The number of phenols is 1. The van der Waals surface area contributed by atoms with Crippen LogP contribution in [0.2, 0.25) is 0 Å². The molecule has 1 saturated heterocycles. The number of rotatable bonds is 3. The van der Waals surface area contributed by atoms with Gasteiger partial charge in [-0.2, -0.15) is 0 Å². The predicted octanol–water partition coefficient (Wildman–Crippen LogP) is 2.54. The summed E-state index contributed by atoms with van der Waals surface area (Å²) in [7, 11) is 0. The predicted molar refractivity (Wildman–Crippen MR) is 117 cm³/mol. The third kappa shape index (κ3) is 4.19. The first-order valence-corrected chi connectivity index (χ1v) is 9.54. The Morgan fingerprint density at radius 1 is 1.19 bits per heavy atom. The molecule has 1 fully saturated rings. The maximum absolute atomic E-state index is 15.0. The lowest BCUT2D eigenvalue weighted by molar-refractivity contribution is 0.0695. The van der Waals surface area contributed by atoms with Gasteiger partial charge in [0.25, 0.3) is 0 Å². The standard InChI is InChI=1S/C21H21FN4O4.ClH/c1-11-8-25(9-12(2)23-11)20-17(22)7-15-18(28)16(21(29)30)10-26(19(15)24-20)13-3-5-14(27)6-4-13;/h3-7,10-12,23,27H,8-9H2,1-2H3,(H,29,30);1H/t11-,12+;. The van der Waals surface area contributed by atoms with E-state index in [-0.39, 0.29) is 47.1 Å². The number of aromatic nitrogens is 2. The molecule has 2 atom stereocenters. The molecule has 3 N–H and O–H groups in total. The van der Waals surface area contributed by atoms with Gasteiger partial charge in [0.05, 0.1) is 5.39 Å². The first kappa shape index (κ1) is 22.5. The van der Waals surface area contributed by atoms with Crippen molar-refractivity contribution >= 4 is 35.2 Å². The molecule has 0 unspecified atom stereocenters. The number of pyridine rings is 2. The van der Waals surface area contributed by atoms with Crippen molar-refractivity contribution < 1.29 is 19.4 Å². The van der Waals surface area contributed by atoms with Crippen LogP contribution in [0.4, 0.5) is 10.2 Å². The van der Waals surface area contributed by atoms with E-state index in [9.17, 15) is 19.8 Å². The number of carboxylic acid groups (broad SMARTS) is 1. The Hall–Kier alpha value is -3.17. The van der Waals surface area contributed by atoms with Gasteiger partial charge in [-0.3, -0.25) is 4.79 Å². The van der Waals surface area contributed by atoms with Crippen LogP contribution in [0.1, 0.15) is 24.2 Å². The number of aromatic carboxylic acids is 1. The Morgan fingerprint density at radius 2 is 1.81 bits per heavy atom. The summed E-state index contributed by atoms with van der Waals surface area (Å²) >= 11 is 0. The maximum Gasteiger partial charge on any atom is 0.341 e. The molecule has 1 aliphatic heterocycles. The number of hydrogen-bond donors (Lipinski definition) is 3. The van der Waals surface area contributed by atoms with Crippen LogP contribution in [0, 0.1) is 5.82 Å². The van der Waals surface area contributed by atoms with Crippen molar-refractivity contribution in [3.05, 3.63) is 58.1 Å². The van der Waals surface area contributed by atoms with E-state index in [0.717, 1.165) is 6.07 Å². The van der Waals surface area contributed by atoms with Crippen LogP contribution in [0.15, 0.2) is 41.3 Å². The second-order valence-corrected chi connectivity index (χ2v) is 7.60. The fraction of sp³-hybridized carbons (Fsp3) is 0.286. The average molecular weight is 449 g/mol. The van der Waals surface area contributed by atoms with Crippen LogP contribution in [-0.4, -0.2) is 50.9 Å². The smallest absolute Gasteiger partial charge is 0.341 e. The molecule has 164 valence electrons. The van der Waals surface area contributed by atoms with Gasteiger partial charge < -0.3 is 25.0 Å². The van der Waals surface area contributed by atoms with Crippen LogP contribution in [0.3, 0.4) is 0 Å². The van der Waals surface area contributed by atoms with Gasteiger partial charge in [-0.05, 0) is 44.2 Å². The number of hydrogen-bond acceptors (Lipinski definition) is 6. The number of anilines is 1. The van der Waals surface area contributed by atoms with E-state index in [1.165, 1.54) is 22.9 Å². The summed E-state index contributed by atoms with van der Waals surface area (Å²) in [5.74, 6) is -1.95. The average Bonchev–Trinajstić information content (AvgIpc) is 2.68. The maximum atomic E-state index is 15.0. The molecule has 0 radical (unpaired) electrons. The number of nitrogens with zero attached hydrogens (tertiary/aromatic N) is 3. The zero-order valence-corrected chi connectivity index (χ0v) is 17.7. The van der Waals surface area contributed by atoms with Crippen molar-refractivity contribution in [1.29, 1.82) is 0 Å². The number of nitrogens with one attached hydrogen (secondary N) is 1. The third-order valence-corrected chi connectivity index (χ3v) is 5.13. The highest BCUT2D eigenvalue weighted by Gasteiger charge is 2.26. The summed E-state index contributed by atoms with van der Waals surface area (Å²) in [4.78, 5) is 30.6. The first-order valence-electron chi connectivity index (χ1n) is 9.54. The number of benzene rings is 1. The quantitative estimate of drug-likeness (QED) is 0.565. The molecule has 0 saturated carbocycles. The van der Waals surface area contributed by atoms with E-state index in [1.807, 2.05) is 18.7 Å². The first-order chi connectivity index (χ1) is 14.2. The molecule has 3 heterocycles. The Labute approximate surface area is 183 Å². The van der Waals surface area contributed by atoms with Crippen molar-refractivity contribution in [2.24, 2.45) is 0 Å². The Balaban J connectivity index is 0.00000272. The minimum atomic E-state index is -1.41. The minimum Gasteiger partial charge on any atom is -0.508 e. The number of carbonyl (C=O) groups is 1. The van der Waals surface area contributed by atoms with Gasteiger partial charge in [0, 0.05) is 37.1 Å². The number of carboxylic acids is 1. The lowest BCUT2D eigenvalue weighted by Gasteiger charge is -2.37. The monoisotopic (exact) mass is 448 g/mol. The largest absolute Gasteiger partial charge is 0.508 e. The molecular weight excluding hydrogens is 427 g/mol. The fourth-order valence-corrected chi connectivity index (χ4v) is 3.90. The topological polar surface area (TPSA) is 108 Å². The van der Waals surface area contributed by atoms with Crippen LogP contribution < -0.4 is 15.6 Å². The lowest BCUT2D eigenvalue weighted by Crippen LogP contribution is -2.54. The van der Waals surface area contributed by atoms with E-state index in [0.29, 0.717) is 18.8 Å². The Morgan fingerprint density at radius 3 is 2.39 bits per heavy atom. The molecule has 4 rings (SSSR count). The van der Waals surface area contributed by atoms with E-state index in [2.05, 4.69) is 10.3 Å². The fourth-order valence-electron chi connectivity index (χ4n) is 3.90. The van der Waals surface area contributed by atoms with Crippen molar-refractivity contribution in [2.75, 3.05) is 18.0 Å². The summed E-state index contributed by atoms with van der Waals surface area (Å²) in [6, 6.07) is 7.29. The van der Waals surface area contributed by atoms with Crippen LogP contribution in [0.25, 0.3) is 16.7 Å². The molecule has 3 aromatic rings. The van der Waals surface area contributed by atoms with Gasteiger partial charge in [0.15, 0.2) is 17.3 Å². The molecular formula is C21H22ClFN4O4. The number of phenolic OH excluding ortho intramolecular Hbond substituents is 1. The molecule has 2 aromatic heterocycles. The molecule has 10 heteroatoms. The van der Waals surface area contributed by atoms with Gasteiger partial charge >= 0.3 is 5.97 Å². The number of fused-ring (bicyclic) bond motifs is 1. The van der Waals surface area contributed by atoms with Crippen LogP contribution >= 0.6 is 12.4 Å². The van der Waals surface area contributed by atoms with Crippen molar-refractivity contribution in [2.45, 2.75) is 25.9 Å². The molecule has 0 amide bonds. The molecule has 0 aliphatic carbocycles. The van der Waals surface area contributed by atoms with E-state index in [4.69, 9.17) is 0 Å². The Bertz CT molecular complexity index is 1190. The number of halogens is 2. The van der Waals surface area contributed by atoms with Crippen molar-refractivity contribution in [1.82, 2.24) is 14.9 Å². The van der Waals surface area contributed by atoms with Gasteiger partial charge in [0.2, 0.25) is 5.43 Å². The van der Waals surface area contributed by atoms with Gasteiger partial charge in [-0.15, -0.1) is 12.4 Å². The molecule has 0 bridgehead atoms. The number of piperazine rings is 1. The third-order valence-electron chi connectivity index (χ3n) is 5.13. The highest BCUT2D eigenvalue weighted by atomic mass is 35.5. The van der Waals surface area contributed by atoms with Crippen molar-refractivity contribution in [3.63, 3.8) is 0 Å². The zero-order chi connectivity index (χ0) is 21.6. The molecule has 1 aliphatic rings. The van der Waals surface area contributed by atoms with Crippen molar-refractivity contribution in [3.8, 4) is 11.4 Å². The highest BCUT2D eigenvalue weighted by Crippen LogP contribution is 2.25. The van der Waals surface area contributed by atoms with Crippen LogP contribution in [-0.2, 0) is 0 Å². The summed E-state index contributed by atoms with van der Waals surface area (Å²) < 4.78 is 16.4. The van der Waals surface area contributed by atoms with E-state index >= 15 is 4.39 Å². The second kappa shape index (κ2) is 8.52. The summed E-state index contributed by atoms with van der Waals surface area (Å²) in [5.41, 5.74) is -0.667.